The van der Waals surface area contributed by atoms with E-state index in [9.17, 15) is 4.79 Å². The van der Waals surface area contributed by atoms with Crippen LogP contribution in [-0.2, 0) is 6.42 Å². The van der Waals surface area contributed by atoms with Gasteiger partial charge in [0.1, 0.15) is 5.75 Å². The van der Waals surface area contributed by atoms with Crippen molar-refractivity contribution >= 4 is 6.16 Å². The first-order valence-corrected chi connectivity index (χ1v) is 4.25. The molecule has 0 amide bonds. The van der Waals surface area contributed by atoms with Crippen LogP contribution in [0, 0.1) is 6.92 Å². The van der Waals surface area contributed by atoms with Crippen molar-refractivity contribution in [3.63, 3.8) is 0 Å². The molecule has 74 valence electrons. The number of hydrogen-bond acceptors (Lipinski definition) is 2. The van der Waals surface area contributed by atoms with Crippen LogP contribution in [0.2, 0.25) is 0 Å². The molecule has 0 aliphatic carbocycles. The van der Waals surface area contributed by atoms with E-state index >= 15 is 0 Å². The van der Waals surface area contributed by atoms with Gasteiger partial charge in [-0.3, -0.25) is 0 Å². The molecule has 14 heavy (non-hydrogen) atoms. The molecule has 0 atom stereocenters. The van der Waals surface area contributed by atoms with Crippen LogP contribution < -0.4 is 4.74 Å². The Kier molecular flexibility index (Phi) is 3.29. The second-order valence-corrected chi connectivity index (χ2v) is 2.91. The fourth-order valence-corrected chi connectivity index (χ4v) is 1.27. The zero-order valence-corrected chi connectivity index (χ0v) is 7.99. The number of benzene rings is 1. The summed E-state index contributed by atoms with van der Waals surface area (Å²) in [6.45, 7) is 5.52. The van der Waals surface area contributed by atoms with E-state index in [-0.39, 0.29) is 0 Å². The topological polar surface area (TPSA) is 46.5 Å². The quantitative estimate of drug-likeness (QED) is 0.455. The zero-order chi connectivity index (χ0) is 10.6. The summed E-state index contributed by atoms with van der Waals surface area (Å²) in [6.07, 6.45) is 1.03. The predicted molar refractivity (Wildman–Crippen MR) is 53.7 cm³/mol. The maximum Gasteiger partial charge on any atom is 0.511 e. The predicted octanol–water partition coefficient (Wildman–Crippen LogP) is 2.78. The molecule has 1 N–H and O–H groups in total. The van der Waals surface area contributed by atoms with E-state index in [1.54, 1.807) is 18.2 Å². The highest BCUT2D eigenvalue weighted by molar-refractivity contribution is 5.62. The van der Waals surface area contributed by atoms with Gasteiger partial charge in [0.2, 0.25) is 0 Å². The second kappa shape index (κ2) is 4.46. The first-order chi connectivity index (χ1) is 6.65. The highest BCUT2D eigenvalue weighted by Gasteiger charge is 2.08. The standard InChI is InChI=1S/C11H12O3/c1-3-5-9-8(2)6-4-7-10(9)14-11(12)13/h3-4,6-7H,1,5H2,2H3,(H,12,13). The van der Waals surface area contributed by atoms with E-state index < -0.39 is 6.16 Å². The SMILES string of the molecule is C=CCc1c(C)cccc1OC(=O)O. The molecule has 0 saturated heterocycles. The molecule has 1 rings (SSSR count). The summed E-state index contributed by atoms with van der Waals surface area (Å²) in [6, 6.07) is 5.31. The summed E-state index contributed by atoms with van der Waals surface area (Å²) < 4.78 is 4.65. The molecular weight excluding hydrogens is 180 g/mol. The van der Waals surface area contributed by atoms with Crippen molar-refractivity contribution < 1.29 is 14.6 Å². The summed E-state index contributed by atoms with van der Waals surface area (Å²) in [7, 11) is 0. The smallest absolute Gasteiger partial charge is 0.449 e. The van der Waals surface area contributed by atoms with Gasteiger partial charge in [-0.1, -0.05) is 18.2 Å². The lowest BCUT2D eigenvalue weighted by Crippen LogP contribution is -2.05. The highest BCUT2D eigenvalue weighted by atomic mass is 16.7. The van der Waals surface area contributed by atoms with E-state index in [2.05, 4.69) is 11.3 Å². The third-order valence-corrected chi connectivity index (χ3v) is 1.91. The molecule has 1 aromatic rings. The fourth-order valence-electron chi connectivity index (χ4n) is 1.27. The van der Waals surface area contributed by atoms with Crippen molar-refractivity contribution in [3.05, 3.63) is 42.0 Å². The molecule has 1 aromatic carbocycles. The van der Waals surface area contributed by atoms with Gasteiger partial charge in [0, 0.05) is 5.56 Å². The van der Waals surface area contributed by atoms with Crippen molar-refractivity contribution in [2.75, 3.05) is 0 Å². The molecular formula is C11H12O3. The Labute approximate surface area is 82.6 Å². The van der Waals surface area contributed by atoms with Crippen LogP contribution in [0.4, 0.5) is 4.79 Å². The van der Waals surface area contributed by atoms with Crippen molar-refractivity contribution in [1.29, 1.82) is 0 Å². The number of hydrogen-bond donors (Lipinski definition) is 1. The van der Waals surface area contributed by atoms with Crippen LogP contribution in [-0.4, -0.2) is 11.3 Å². The van der Waals surface area contributed by atoms with Crippen molar-refractivity contribution in [2.24, 2.45) is 0 Å². The average molecular weight is 192 g/mol. The number of allylic oxidation sites excluding steroid dienone is 1. The minimum Gasteiger partial charge on any atom is -0.449 e. The van der Waals surface area contributed by atoms with Crippen LogP contribution in [0.5, 0.6) is 5.75 Å². The van der Waals surface area contributed by atoms with Gasteiger partial charge in [0.15, 0.2) is 0 Å². The lowest BCUT2D eigenvalue weighted by Gasteiger charge is -2.08. The minimum atomic E-state index is -1.29. The van der Waals surface area contributed by atoms with Gasteiger partial charge in [-0.15, -0.1) is 6.58 Å². The fraction of sp³-hybridized carbons (Fsp3) is 0.182. The molecule has 0 aromatic heterocycles. The van der Waals surface area contributed by atoms with E-state index in [0.717, 1.165) is 11.1 Å². The van der Waals surface area contributed by atoms with Gasteiger partial charge in [-0.25, -0.2) is 4.79 Å². The molecule has 3 nitrogen and oxygen atoms in total. The Morgan fingerprint density at radius 2 is 2.36 bits per heavy atom. The Morgan fingerprint density at radius 3 is 2.93 bits per heavy atom. The largest absolute Gasteiger partial charge is 0.511 e. The first-order valence-electron chi connectivity index (χ1n) is 4.25. The number of carboxylic acid groups (broad SMARTS) is 1. The van der Waals surface area contributed by atoms with Gasteiger partial charge in [-0.2, -0.15) is 0 Å². The van der Waals surface area contributed by atoms with Gasteiger partial charge < -0.3 is 9.84 Å². The van der Waals surface area contributed by atoms with Gasteiger partial charge in [-0.05, 0) is 25.0 Å². The summed E-state index contributed by atoms with van der Waals surface area (Å²) in [5.74, 6) is 0.386. The highest BCUT2D eigenvalue weighted by Crippen LogP contribution is 2.22. The van der Waals surface area contributed by atoms with E-state index in [4.69, 9.17) is 5.11 Å². The van der Waals surface area contributed by atoms with Crippen molar-refractivity contribution in [2.45, 2.75) is 13.3 Å². The molecule has 3 heteroatoms. The van der Waals surface area contributed by atoms with Gasteiger partial charge >= 0.3 is 6.16 Å². The van der Waals surface area contributed by atoms with E-state index in [1.807, 2.05) is 13.0 Å². The van der Waals surface area contributed by atoms with Crippen LogP contribution in [0.1, 0.15) is 11.1 Å². The monoisotopic (exact) mass is 192 g/mol. The van der Waals surface area contributed by atoms with E-state index in [1.165, 1.54) is 0 Å². The summed E-state index contributed by atoms with van der Waals surface area (Å²) in [5.41, 5.74) is 1.87. The molecule has 0 spiro atoms. The summed E-state index contributed by atoms with van der Waals surface area (Å²) >= 11 is 0. The minimum absolute atomic E-state index is 0.386. The number of carbonyl (C=O) groups is 1. The molecule has 0 saturated carbocycles. The first kappa shape index (κ1) is 10.3. The van der Waals surface area contributed by atoms with Crippen LogP contribution in [0.3, 0.4) is 0 Å². The molecule has 0 aliphatic heterocycles. The molecule has 0 heterocycles. The molecule has 0 bridgehead atoms. The zero-order valence-electron chi connectivity index (χ0n) is 7.99. The van der Waals surface area contributed by atoms with Crippen LogP contribution >= 0.6 is 0 Å². The molecule has 0 unspecified atom stereocenters. The second-order valence-electron chi connectivity index (χ2n) is 2.91. The van der Waals surface area contributed by atoms with Gasteiger partial charge in [0.25, 0.3) is 0 Å². The Morgan fingerprint density at radius 1 is 1.64 bits per heavy atom. The molecule has 0 fully saturated rings. The normalized spacial score (nSPS) is 9.50. The van der Waals surface area contributed by atoms with Crippen LogP contribution in [0.25, 0.3) is 0 Å². The van der Waals surface area contributed by atoms with Crippen LogP contribution in [0.15, 0.2) is 30.9 Å². The summed E-state index contributed by atoms with van der Waals surface area (Å²) in [5, 5.41) is 8.50. The number of aryl methyl sites for hydroxylation is 1. The molecule has 0 aliphatic rings. The summed E-state index contributed by atoms with van der Waals surface area (Å²) in [4.78, 5) is 10.4. The Bertz CT molecular complexity index is 356. The third kappa shape index (κ3) is 2.36. The van der Waals surface area contributed by atoms with Crippen molar-refractivity contribution in [3.8, 4) is 5.75 Å². The maximum absolute atomic E-state index is 10.4. The number of rotatable bonds is 3. The van der Waals surface area contributed by atoms with Crippen molar-refractivity contribution in [1.82, 2.24) is 0 Å². The third-order valence-electron chi connectivity index (χ3n) is 1.91. The lowest BCUT2D eigenvalue weighted by atomic mass is 10.0. The molecule has 0 radical (unpaired) electrons. The maximum atomic E-state index is 10.4. The Hall–Kier alpha value is -1.77. The average Bonchev–Trinajstić information content (AvgIpc) is 2.10. The van der Waals surface area contributed by atoms with E-state index in [0.29, 0.717) is 12.2 Å². The lowest BCUT2D eigenvalue weighted by molar-refractivity contribution is 0.144. The Balaban J connectivity index is 3.06. The van der Waals surface area contributed by atoms with Gasteiger partial charge in [0.05, 0.1) is 0 Å². The number of ether oxygens (including phenoxy) is 1.